The van der Waals surface area contributed by atoms with Crippen LogP contribution < -0.4 is 4.74 Å². The quantitative estimate of drug-likeness (QED) is 0.827. The molecule has 19 heavy (non-hydrogen) atoms. The van der Waals surface area contributed by atoms with Gasteiger partial charge in [0.05, 0.1) is 13.3 Å². The van der Waals surface area contributed by atoms with Crippen LogP contribution in [0.15, 0.2) is 12.3 Å². The van der Waals surface area contributed by atoms with Crippen LogP contribution in [0.5, 0.6) is 5.75 Å². The van der Waals surface area contributed by atoms with Gasteiger partial charge in [0.2, 0.25) is 0 Å². The Hall–Kier alpha value is -1.55. The van der Waals surface area contributed by atoms with E-state index >= 15 is 0 Å². The topological polar surface area (TPSA) is 30.3 Å². The number of rotatable bonds is 2. The van der Waals surface area contributed by atoms with Gasteiger partial charge in [-0.1, -0.05) is 0 Å². The standard InChI is InChI=1S/C15H21N3O/c1-4-18-14-6-8-17(2)7-5-12(14)13-9-11(19-3)10-16-15(13)18/h9-10H,4-8H2,1-3H3. The summed E-state index contributed by atoms with van der Waals surface area (Å²) in [6, 6.07) is 2.14. The lowest BCUT2D eigenvalue weighted by Crippen LogP contribution is -2.21. The van der Waals surface area contributed by atoms with E-state index in [1.165, 1.54) is 16.6 Å². The summed E-state index contributed by atoms with van der Waals surface area (Å²) < 4.78 is 7.69. The largest absolute Gasteiger partial charge is 0.495 e. The minimum absolute atomic E-state index is 0.848. The molecule has 0 amide bonds. The first kappa shape index (κ1) is 12.5. The lowest BCUT2D eigenvalue weighted by molar-refractivity contribution is 0.351. The summed E-state index contributed by atoms with van der Waals surface area (Å²) in [5.74, 6) is 0.848. The molecule has 0 aliphatic carbocycles. The fourth-order valence-electron chi connectivity index (χ4n) is 3.05. The van der Waals surface area contributed by atoms with Gasteiger partial charge in [-0.25, -0.2) is 4.98 Å². The second kappa shape index (κ2) is 4.85. The van der Waals surface area contributed by atoms with E-state index in [4.69, 9.17) is 4.74 Å². The number of aryl methyl sites for hydroxylation is 1. The van der Waals surface area contributed by atoms with E-state index in [1.807, 2.05) is 6.20 Å². The van der Waals surface area contributed by atoms with Crippen LogP contribution in [-0.4, -0.2) is 41.7 Å². The molecule has 1 aliphatic rings. The number of pyridine rings is 1. The summed E-state index contributed by atoms with van der Waals surface area (Å²) in [6.45, 7) is 5.42. The zero-order chi connectivity index (χ0) is 13.4. The molecule has 0 aromatic carbocycles. The molecule has 4 nitrogen and oxygen atoms in total. The Labute approximate surface area is 114 Å². The van der Waals surface area contributed by atoms with E-state index in [-0.39, 0.29) is 0 Å². The Bertz CT molecular complexity index is 603. The molecule has 0 N–H and O–H groups in total. The third-order valence-corrected chi connectivity index (χ3v) is 4.12. The van der Waals surface area contributed by atoms with Gasteiger partial charge in [0.15, 0.2) is 0 Å². The highest BCUT2D eigenvalue weighted by Crippen LogP contribution is 2.30. The first-order valence-corrected chi connectivity index (χ1v) is 6.97. The van der Waals surface area contributed by atoms with Crippen LogP contribution in [0.25, 0.3) is 11.0 Å². The third kappa shape index (κ3) is 2.00. The molecule has 0 unspecified atom stereocenters. The Kier molecular flexibility index (Phi) is 3.19. The number of ether oxygens (including phenoxy) is 1. The molecule has 0 atom stereocenters. The number of hydrogen-bond acceptors (Lipinski definition) is 3. The van der Waals surface area contributed by atoms with E-state index in [0.717, 1.165) is 43.9 Å². The van der Waals surface area contributed by atoms with Gasteiger partial charge < -0.3 is 14.2 Å². The Morgan fingerprint density at radius 1 is 1.32 bits per heavy atom. The summed E-state index contributed by atoms with van der Waals surface area (Å²) in [7, 11) is 3.90. The first-order valence-electron chi connectivity index (χ1n) is 6.97. The predicted octanol–water partition coefficient (Wildman–Crippen LogP) is 2.10. The Morgan fingerprint density at radius 2 is 2.11 bits per heavy atom. The molecule has 2 aromatic heterocycles. The zero-order valence-corrected chi connectivity index (χ0v) is 11.9. The molecular weight excluding hydrogens is 238 g/mol. The lowest BCUT2D eigenvalue weighted by Gasteiger charge is -2.12. The second-order valence-electron chi connectivity index (χ2n) is 5.22. The van der Waals surface area contributed by atoms with Crippen molar-refractivity contribution < 1.29 is 4.74 Å². The second-order valence-corrected chi connectivity index (χ2v) is 5.22. The van der Waals surface area contributed by atoms with Gasteiger partial charge in [0.25, 0.3) is 0 Å². The number of methoxy groups -OCH3 is 1. The Balaban J connectivity index is 2.22. The highest BCUT2D eigenvalue weighted by Gasteiger charge is 2.20. The predicted molar refractivity (Wildman–Crippen MR) is 76.9 cm³/mol. The Morgan fingerprint density at radius 3 is 2.84 bits per heavy atom. The average Bonchev–Trinajstić information content (AvgIpc) is 2.61. The number of likely N-dealkylation sites (N-methyl/N-ethyl adjacent to an activating group) is 1. The summed E-state index contributed by atoms with van der Waals surface area (Å²) in [5, 5.41) is 1.27. The molecule has 0 saturated heterocycles. The maximum absolute atomic E-state index is 5.33. The van der Waals surface area contributed by atoms with Crippen molar-refractivity contribution in [1.29, 1.82) is 0 Å². The smallest absolute Gasteiger partial charge is 0.140 e. The molecule has 0 fully saturated rings. The maximum Gasteiger partial charge on any atom is 0.140 e. The summed E-state index contributed by atoms with van der Waals surface area (Å²) in [4.78, 5) is 7.00. The van der Waals surface area contributed by atoms with Crippen LogP contribution in [-0.2, 0) is 19.4 Å². The molecule has 102 valence electrons. The van der Waals surface area contributed by atoms with Crippen molar-refractivity contribution >= 4 is 11.0 Å². The molecule has 0 spiro atoms. The number of aromatic nitrogens is 2. The van der Waals surface area contributed by atoms with Crippen molar-refractivity contribution in [3.63, 3.8) is 0 Å². The highest BCUT2D eigenvalue weighted by atomic mass is 16.5. The van der Waals surface area contributed by atoms with E-state index in [0.29, 0.717) is 0 Å². The molecule has 3 heterocycles. The SMILES string of the molecule is CCn1c2c(c3cc(OC)cnc31)CCN(C)CC2. The van der Waals surface area contributed by atoms with E-state index in [2.05, 4.69) is 34.5 Å². The summed E-state index contributed by atoms with van der Waals surface area (Å²) in [6.07, 6.45) is 4.03. The first-order chi connectivity index (χ1) is 9.24. The van der Waals surface area contributed by atoms with Crippen molar-refractivity contribution in [2.45, 2.75) is 26.3 Å². The van der Waals surface area contributed by atoms with Crippen LogP contribution in [0.1, 0.15) is 18.2 Å². The normalized spacial score (nSPS) is 16.4. The van der Waals surface area contributed by atoms with Crippen molar-refractivity contribution in [2.75, 3.05) is 27.2 Å². The molecular formula is C15H21N3O. The van der Waals surface area contributed by atoms with Gasteiger partial charge in [-0.3, -0.25) is 0 Å². The third-order valence-electron chi connectivity index (χ3n) is 4.12. The van der Waals surface area contributed by atoms with E-state index in [9.17, 15) is 0 Å². The molecule has 0 saturated carbocycles. The number of hydrogen-bond donors (Lipinski definition) is 0. The van der Waals surface area contributed by atoms with Crippen LogP contribution in [0, 0.1) is 0 Å². The van der Waals surface area contributed by atoms with Crippen molar-refractivity contribution in [3.8, 4) is 5.75 Å². The van der Waals surface area contributed by atoms with Gasteiger partial charge >= 0.3 is 0 Å². The fraction of sp³-hybridized carbons (Fsp3) is 0.533. The van der Waals surface area contributed by atoms with Crippen LogP contribution in [0.4, 0.5) is 0 Å². The fourth-order valence-corrected chi connectivity index (χ4v) is 3.05. The van der Waals surface area contributed by atoms with Crippen LogP contribution in [0.3, 0.4) is 0 Å². The molecule has 4 heteroatoms. The zero-order valence-electron chi connectivity index (χ0n) is 11.9. The molecule has 0 radical (unpaired) electrons. The van der Waals surface area contributed by atoms with Crippen LogP contribution >= 0.6 is 0 Å². The summed E-state index contributed by atoms with van der Waals surface area (Å²) in [5.41, 5.74) is 4.04. The van der Waals surface area contributed by atoms with Gasteiger partial charge in [0, 0.05) is 37.1 Å². The molecule has 1 aliphatic heterocycles. The minimum atomic E-state index is 0.848. The summed E-state index contributed by atoms with van der Waals surface area (Å²) >= 11 is 0. The van der Waals surface area contributed by atoms with Gasteiger partial charge in [-0.05, 0) is 32.0 Å². The van der Waals surface area contributed by atoms with Crippen molar-refractivity contribution in [2.24, 2.45) is 0 Å². The number of fused-ring (bicyclic) bond motifs is 3. The molecule has 2 aromatic rings. The van der Waals surface area contributed by atoms with Crippen molar-refractivity contribution in [3.05, 3.63) is 23.5 Å². The minimum Gasteiger partial charge on any atom is -0.495 e. The van der Waals surface area contributed by atoms with Gasteiger partial charge in [-0.2, -0.15) is 0 Å². The van der Waals surface area contributed by atoms with Gasteiger partial charge in [0.1, 0.15) is 11.4 Å². The van der Waals surface area contributed by atoms with Gasteiger partial charge in [-0.15, -0.1) is 0 Å². The van der Waals surface area contributed by atoms with Crippen LogP contribution in [0.2, 0.25) is 0 Å². The van der Waals surface area contributed by atoms with E-state index in [1.54, 1.807) is 7.11 Å². The number of nitrogens with zero attached hydrogens (tertiary/aromatic N) is 3. The molecule has 0 bridgehead atoms. The molecule has 3 rings (SSSR count). The maximum atomic E-state index is 5.33. The average molecular weight is 259 g/mol. The monoisotopic (exact) mass is 259 g/mol. The van der Waals surface area contributed by atoms with E-state index < -0.39 is 0 Å². The highest BCUT2D eigenvalue weighted by molar-refractivity contribution is 5.83. The van der Waals surface area contributed by atoms with Crippen molar-refractivity contribution in [1.82, 2.24) is 14.5 Å². The lowest BCUT2D eigenvalue weighted by atomic mass is 10.1.